The second-order valence-corrected chi connectivity index (χ2v) is 7.07. The van der Waals surface area contributed by atoms with E-state index in [0.29, 0.717) is 6.04 Å². The maximum Gasteiger partial charge on any atom is 0.0380 e. The zero-order valence-electron chi connectivity index (χ0n) is 13.8. The lowest BCUT2D eigenvalue weighted by molar-refractivity contribution is 0.175. The van der Waals surface area contributed by atoms with Gasteiger partial charge in [0.25, 0.3) is 0 Å². The minimum absolute atomic E-state index is 0.701. The fourth-order valence-electron chi connectivity index (χ4n) is 3.99. The molecule has 0 N–H and O–H groups in total. The molecule has 3 heteroatoms. The van der Waals surface area contributed by atoms with Crippen LogP contribution in [0.2, 0.25) is 0 Å². The third-order valence-electron chi connectivity index (χ3n) is 5.67. The van der Waals surface area contributed by atoms with Gasteiger partial charge in [-0.25, -0.2) is 0 Å². The van der Waals surface area contributed by atoms with Gasteiger partial charge in [0, 0.05) is 50.7 Å². The van der Waals surface area contributed by atoms with Crippen LogP contribution >= 0.6 is 0 Å². The molecular formula is C18H31N3. The normalized spacial score (nSPS) is 26.9. The van der Waals surface area contributed by atoms with Crippen LogP contribution in [-0.2, 0) is 0 Å². The number of nitrogens with zero attached hydrogens (tertiary/aromatic N) is 3. The Hall–Kier alpha value is -0.960. The second kappa shape index (κ2) is 6.87. The quantitative estimate of drug-likeness (QED) is 0.791. The zero-order chi connectivity index (χ0) is 14.7. The Kier molecular flexibility index (Phi) is 4.89. The van der Waals surface area contributed by atoms with E-state index in [4.69, 9.17) is 0 Å². The summed E-state index contributed by atoms with van der Waals surface area (Å²) in [6.45, 7) is 8.24. The van der Waals surface area contributed by atoms with Crippen molar-refractivity contribution >= 4 is 0 Å². The summed E-state index contributed by atoms with van der Waals surface area (Å²) in [6.07, 6.45) is 14.3. The van der Waals surface area contributed by atoms with Crippen molar-refractivity contribution in [2.45, 2.75) is 45.1 Å². The number of hydrogen-bond acceptors (Lipinski definition) is 3. The van der Waals surface area contributed by atoms with E-state index in [-0.39, 0.29) is 0 Å². The first-order chi connectivity index (χ1) is 10.2. The summed E-state index contributed by atoms with van der Waals surface area (Å²) in [5.41, 5.74) is 1.44. The molecule has 1 aliphatic carbocycles. The molecule has 1 atom stereocenters. The summed E-state index contributed by atoms with van der Waals surface area (Å²) in [5.74, 6) is 0.905. The largest absolute Gasteiger partial charge is 0.371 e. The van der Waals surface area contributed by atoms with Crippen LogP contribution in [0.1, 0.15) is 39.0 Å². The van der Waals surface area contributed by atoms with Gasteiger partial charge in [-0.15, -0.1) is 0 Å². The predicted molar refractivity (Wildman–Crippen MR) is 89.0 cm³/mol. The van der Waals surface area contributed by atoms with Crippen LogP contribution in [0, 0.1) is 5.92 Å². The van der Waals surface area contributed by atoms with Gasteiger partial charge < -0.3 is 14.7 Å². The Morgan fingerprint density at radius 2 is 1.76 bits per heavy atom. The molecule has 0 bridgehead atoms. The van der Waals surface area contributed by atoms with Crippen LogP contribution in [0.25, 0.3) is 0 Å². The standard InChI is InChI=1S/C18H31N3/c1-16(17-6-4-3-5-7-17)20-10-8-18(9-11-20)21-14-12-19(2)13-15-21/h8-10,16-17H,3-7,11-15H2,1-2H3. The van der Waals surface area contributed by atoms with Crippen LogP contribution < -0.4 is 0 Å². The molecule has 21 heavy (non-hydrogen) atoms. The van der Waals surface area contributed by atoms with Gasteiger partial charge in [-0.05, 0) is 44.9 Å². The molecule has 0 aromatic carbocycles. The average molecular weight is 289 g/mol. The highest BCUT2D eigenvalue weighted by Crippen LogP contribution is 2.30. The van der Waals surface area contributed by atoms with Gasteiger partial charge in [0.2, 0.25) is 0 Å². The van der Waals surface area contributed by atoms with Gasteiger partial charge in [-0.1, -0.05) is 19.3 Å². The Morgan fingerprint density at radius 1 is 1.05 bits per heavy atom. The molecular weight excluding hydrogens is 258 g/mol. The van der Waals surface area contributed by atoms with Crippen molar-refractivity contribution in [1.29, 1.82) is 0 Å². The third-order valence-corrected chi connectivity index (χ3v) is 5.67. The summed E-state index contributed by atoms with van der Waals surface area (Å²) in [5, 5.41) is 0. The fourth-order valence-corrected chi connectivity index (χ4v) is 3.99. The van der Waals surface area contributed by atoms with Crippen LogP contribution in [0.4, 0.5) is 0 Å². The van der Waals surface area contributed by atoms with E-state index in [1.165, 1.54) is 64.0 Å². The van der Waals surface area contributed by atoms with Crippen LogP contribution in [0.3, 0.4) is 0 Å². The van der Waals surface area contributed by atoms with Gasteiger partial charge in [-0.2, -0.15) is 0 Å². The highest BCUT2D eigenvalue weighted by atomic mass is 15.3. The fraction of sp³-hybridized carbons (Fsp3) is 0.778. The molecule has 2 aliphatic heterocycles. The SMILES string of the molecule is CC(C1CCCCC1)N1C=CC(N2CCN(C)CC2)=CC1. The molecule has 3 nitrogen and oxygen atoms in total. The van der Waals surface area contributed by atoms with Gasteiger partial charge in [0.1, 0.15) is 0 Å². The lowest BCUT2D eigenvalue weighted by atomic mass is 9.84. The van der Waals surface area contributed by atoms with E-state index >= 15 is 0 Å². The van der Waals surface area contributed by atoms with Crippen LogP contribution in [-0.4, -0.2) is 60.5 Å². The smallest absolute Gasteiger partial charge is 0.0380 e. The molecule has 0 radical (unpaired) electrons. The Labute approximate surface area is 130 Å². The van der Waals surface area contributed by atoms with E-state index in [2.05, 4.69) is 47.0 Å². The van der Waals surface area contributed by atoms with Crippen LogP contribution in [0.15, 0.2) is 24.0 Å². The number of hydrogen-bond donors (Lipinski definition) is 0. The van der Waals surface area contributed by atoms with Gasteiger partial charge in [-0.3, -0.25) is 0 Å². The van der Waals surface area contributed by atoms with Gasteiger partial charge >= 0.3 is 0 Å². The molecule has 2 heterocycles. The van der Waals surface area contributed by atoms with E-state index in [1.807, 2.05) is 0 Å². The van der Waals surface area contributed by atoms with Crippen molar-refractivity contribution in [3.05, 3.63) is 24.0 Å². The number of rotatable bonds is 3. The Balaban J connectivity index is 1.53. The summed E-state index contributed by atoms with van der Waals surface area (Å²) in [6, 6.07) is 0.701. The molecule has 0 aromatic rings. The van der Waals surface area contributed by atoms with E-state index in [9.17, 15) is 0 Å². The van der Waals surface area contributed by atoms with Crippen molar-refractivity contribution in [3.63, 3.8) is 0 Å². The molecule has 3 rings (SSSR count). The minimum Gasteiger partial charge on any atom is -0.371 e. The second-order valence-electron chi connectivity index (χ2n) is 7.07. The minimum atomic E-state index is 0.701. The van der Waals surface area contributed by atoms with Crippen LogP contribution in [0.5, 0.6) is 0 Å². The van der Waals surface area contributed by atoms with Gasteiger partial charge in [0.05, 0.1) is 0 Å². The molecule has 2 fully saturated rings. The number of piperazine rings is 1. The Morgan fingerprint density at radius 3 is 2.38 bits per heavy atom. The van der Waals surface area contributed by atoms with E-state index < -0.39 is 0 Å². The summed E-state index contributed by atoms with van der Waals surface area (Å²) >= 11 is 0. The summed E-state index contributed by atoms with van der Waals surface area (Å²) in [4.78, 5) is 7.51. The van der Waals surface area contributed by atoms with E-state index in [1.54, 1.807) is 0 Å². The van der Waals surface area contributed by atoms with Gasteiger partial charge in [0.15, 0.2) is 0 Å². The first-order valence-electron chi connectivity index (χ1n) is 8.81. The van der Waals surface area contributed by atoms with Crippen molar-refractivity contribution in [2.24, 2.45) is 5.92 Å². The maximum absolute atomic E-state index is 2.55. The van der Waals surface area contributed by atoms with Crippen molar-refractivity contribution < 1.29 is 0 Å². The molecule has 0 amide bonds. The molecule has 1 saturated carbocycles. The molecule has 3 aliphatic rings. The molecule has 1 saturated heterocycles. The first-order valence-corrected chi connectivity index (χ1v) is 8.81. The topological polar surface area (TPSA) is 9.72 Å². The summed E-state index contributed by atoms with van der Waals surface area (Å²) < 4.78 is 0. The number of allylic oxidation sites excluding steroid dienone is 1. The lowest BCUT2D eigenvalue weighted by Gasteiger charge is -2.39. The highest BCUT2D eigenvalue weighted by molar-refractivity contribution is 5.22. The van der Waals surface area contributed by atoms with E-state index in [0.717, 1.165) is 12.5 Å². The predicted octanol–water partition coefficient (Wildman–Crippen LogP) is 2.92. The van der Waals surface area contributed by atoms with Crippen molar-refractivity contribution in [1.82, 2.24) is 14.7 Å². The molecule has 0 spiro atoms. The molecule has 118 valence electrons. The third kappa shape index (κ3) is 3.63. The molecule has 0 aromatic heterocycles. The highest BCUT2D eigenvalue weighted by Gasteiger charge is 2.25. The van der Waals surface area contributed by atoms with Crippen molar-refractivity contribution in [2.75, 3.05) is 39.8 Å². The molecule has 1 unspecified atom stereocenters. The zero-order valence-corrected chi connectivity index (χ0v) is 13.8. The Bertz CT molecular complexity index is 387. The monoisotopic (exact) mass is 289 g/mol. The summed E-state index contributed by atoms with van der Waals surface area (Å²) in [7, 11) is 2.22. The lowest BCUT2D eigenvalue weighted by Crippen LogP contribution is -2.44. The number of likely N-dealkylation sites (N-methyl/N-ethyl adjacent to an activating group) is 1. The average Bonchev–Trinajstić information content (AvgIpc) is 2.56. The van der Waals surface area contributed by atoms with Crippen molar-refractivity contribution in [3.8, 4) is 0 Å². The maximum atomic E-state index is 2.55. The first kappa shape index (κ1) is 15.0.